The van der Waals surface area contributed by atoms with Gasteiger partial charge in [0, 0.05) is 27.2 Å². The van der Waals surface area contributed by atoms with Crippen molar-refractivity contribution in [2.45, 2.75) is 31.5 Å². The zero-order valence-corrected chi connectivity index (χ0v) is 15.8. The molecule has 0 aromatic carbocycles. The van der Waals surface area contributed by atoms with Crippen LogP contribution in [0, 0.1) is 5.92 Å². The number of furan rings is 1. The highest BCUT2D eigenvalue weighted by Crippen LogP contribution is 2.27. The van der Waals surface area contributed by atoms with E-state index < -0.39 is 0 Å². The third kappa shape index (κ3) is 4.36. The number of piperidine rings is 1. The standard InChI is InChI=1S/C17H25N5O2S/c1-13-6-8-21(9-7-13)16-18-19-17(25-12-15(23)20(2)3)22(16)11-14-5-4-10-24-14/h4-5,10,13H,6-9,11-12H2,1-3H3. The number of carbonyl (C=O) groups is 1. The highest BCUT2D eigenvalue weighted by Gasteiger charge is 2.23. The summed E-state index contributed by atoms with van der Waals surface area (Å²) in [6.07, 6.45) is 3.99. The molecule has 136 valence electrons. The van der Waals surface area contributed by atoms with E-state index in [1.54, 1.807) is 25.3 Å². The first-order chi connectivity index (χ1) is 12.0. The zero-order chi connectivity index (χ0) is 17.8. The summed E-state index contributed by atoms with van der Waals surface area (Å²) >= 11 is 1.42. The molecule has 1 saturated heterocycles. The SMILES string of the molecule is CC1CCN(c2nnc(SCC(=O)N(C)C)n2Cc2ccco2)CC1. The van der Waals surface area contributed by atoms with Crippen molar-refractivity contribution in [3.05, 3.63) is 24.2 Å². The van der Waals surface area contributed by atoms with Crippen molar-refractivity contribution in [2.24, 2.45) is 5.92 Å². The summed E-state index contributed by atoms with van der Waals surface area (Å²) in [5.74, 6) is 2.88. The number of anilines is 1. The zero-order valence-electron chi connectivity index (χ0n) is 15.0. The van der Waals surface area contributed by atoms with Crippen molar-refractivity contribution >= 4 is 23.6 Å². The Hall–Kier alpha value is -1.96. The normalized spacial score (nSPS) is 15.6. The number of aromatic nitrogens is 3. The van der Waals surface area contributed by atoms with Gasteiger partial charge in [-0.2, -0.15) is 0 Å². The summed E-state index contributed by atoms with van der Waals surface area (Å²) in [4.78, 5) is 15.8. The number of amides is 1. The summed E-state index contributed by atoms with van der Waals surface area (Å²) in [6, 6.07) is 3.83. The number of carbonyl (C=O) groups excluding carboxylic acids is 1. The number of thioether (sulfide) groups is 1. The van der Waals surface area contributed by atoms with Crippen molar-refractivity contribution < 1.29 is 9.21 Å². The summed E-state index contributed by atoms with van der Waals surface area (Å²) < 4.78 is 7.56. The van der Waals surface area contributed by atoms with Gasteiger partial charge in [0.15, 0.2) is 5.16 Å². The Labute approximate surface area is 152 Å². The van der Waals surface area contributed by atoms with Crippen LogP contribution in [-0.2, 0) is 11.3 Å². The molecule has 0 saturated carbocycles. The Morgan fingerprint density at radius 1 is 1.36 bits per heavy atom. The summed E-state index contributed by atoms with van der Waals surface area (Å²) in [7, 11) is 3.52. The molecule has 7 nitrogen and oxygen atoms in total. The molecule has 2 aromatic rings. The Kier molecular flexibility index (Phi) is 5.67. The summed E-state index contributed by atoms with van der Waals surface area (Å²) in [5.41, 5.74) is 0. The number of hydrogen-bond donors (Lipinski definition) is 0. The Balaban J connectivity index is 1.80. The van der Waals surface area contributed by atoms with Crippen molar-refractivity contribution in [1.29, 1.82) is 0 Å². The molecule has 1 aliphatic rings. The average molecular weight is 363 g/mol. The van der Waals surface area contributed by atoms with Crippen molar-refractivity contribution in [3.63, 3.8) is 0 Å². The van der Waals surface area contributed by atoms with Gasteiger partial charge in [-0.05, 0) is 30.9 Å². The third-order valence-corrected chi connectivity index (χ3v) is 5.43. The predicted molar refractivity (Wildman–Crippen MR) is 97.9 cm³/mol. The molecule has 1 amide bonds. The first-order valence-corrected chi connectivity index (χ1v) is 9.56. The molecule has 2 aromatic heterocycles. The minimum absolute atomic E-state index is 0.0610. The van der Waals surface area contributed by atoms with Crippen molar-refractivity contribution in [1.82, 2.24) is 19.7 Å². The lowest BCUT2D eigenvalue weighted by Crippen LogP contribution is -2.35. The van der Waals surface area contributed by atoms with Gasteiger partial charge in [-0.1, -0.05) is 18.7 Å². The van der Waals surface area contributed by atoms with Gasteiger partial charge in [0.25, 0.3) is 0 Å². The third-order valence-electron chi connectivity index (χ3n) is 4.48. The van der Waals surface area contributed by atoms with Gasteiger partial charge in [0.1, 0.15) is 5.76 Å². The number of hydrogen-bond acceptors (Lipinski definition) is 6. The van der Waals surface area contributed by atoms with Crippen LogP contribution in [0.4, 0.5) is 5.95 Å². The van der Waals surface area contributed by atoms with Gasteiger partial charge < -0.3 is 14.2 Å². The van der Waals surface area contributed by atoms with E-state index in [0.717, 1.165) is 48.7 Å². The molecule has 25 heavy (non-hydrogen) atoms. The molecule has 0 bridgehead atoms. The Bertz CT molecular complexity index is 690. The molecule has 0 atom stereocenters. The highest BCUT2D eigenvalue weighted by atomic mass is 32.2. The molecule has 1 fully saturated rings. The van der Waals surface area contributed by atoms with E-state index in [2.05, 4.69) is 26.6 Å². The molecule has 0 N–H and O–H groups in total. The summed E-state index contributed by atoms with van der Waals surface area (Å²) in [6.45, 7) is 4.83. The maximum Gasteiger partial charge on any atom is 0.232 e. The van der Waals surface area contributed by atoms with Crippen molar-refractivity contribution in [3.8, 4) is 0 Å². The van der Waals surface area contributed by atoms with Crippen LogP contribution < -0.4 is 4.90 Å². The van der Waals surface area contributed by atoms with E-state index in [1.807, 2.05) is 12.1 Å². The molecule has 0 spiro atoms. The van der Waals surface area contributed by atoms with Crippen LogP contribution in [0.1, 0.15) is 25.5 Å². The molecule has 3 rings (SSSR count). The van der Waals surface area contributed by atoms with E-state index in [4.69, 9.17) is 4.42 Å². The van der Waals surface area contributed by atoms with Crippen LogP contribution in [0.5, 0.6) is 0 Å². The van der Waals surface area contributed by atoms with Crippen LogP contribution in [0.3, 0.4) is 0 Å². The fraction of sp³-hybridized carbons (Fsp3) is 0.588. The van der Waals surface area contributed by atoms with Crippen LogP contribution in [-0.4, -0.2) is 58.5 Å². The lowest BCUT2D eigenvalue weighted by Gasteiger charge is -2.31. The molecule has 1 aliphatic heterocycles. The van der Waals surface area contributed by atoms with Gasteiger partial charge in [-0.3, -0.25) is 9.36 Å². The van der Waals surface area contributed by atoms with E-state index in [-0.39, 0.29) is 5.91 Å². The second-order valence-electron chi connectivity index (χ2n) is 6.69. The average Bonchev–Trinajstić information content (AvgIpc) is 3.24. The second kappa shape index (κ2) is 7.95. The van der Waals surface area contributed by atoms with E-state index in [1.165, 1.54) is 11.8 Å². The Morgan fingerprint density at radius 3 is 2.76 bits per heavy atom. The van der Waals surface area contributed by atoms with Gasteiger partial charge in [0.05, 0.1) is 18.6 Å². The molecule has 0 aliphatic carbocycles. The smallest absolute Gasteiger partial charge is 0.232 e. The van der Waals surface area contributed by atoms with Gasteiger partial charge in [-0.25, -0.2) is 0 Å². The van der Waals surface area contributed by atoms with Gasteiger partial charge in [0.2, 0.25) is 11.9 Å². The minimum Gasteiger partial charge on any atom is -0.467 e. The first-order valence-electron chi connectivity index (χ1n) is 8.58. The van der Waals surface area contributed by atoms with Crippen LogP contribution in [0.25, 0.3) is 0 Å². The fourth-order valence-electron chi connectivity index (χ4n) is 2.78. The monoisotopic (exact) mass is 363 g/mol. The molecule has 0 radical (unpaired) electrons. The number of rotatable bonds is 6. The second-order valence-corrected chi connectivity index (χ2v) is 7.64. The number of nitrogens with zero attached hydrogens (tertiary/aromatic N) is 5. The highest BCUT2D eigenvalue weighted by molar-refractivity contribution is 7.99. The van der Waals surface area contributed by atoms with Gasteiger partial charge in [-0.15, -0.1) is 10.2 Å². The van der Waals surface area contributed by atoms with Crippen LogP contribution >= 0.6 is 11.8 Å². The van der Waals surface area contributed by atoms with E-state index in [0.29, 0.717) is 12.3 Å². The lowest BCUT2D eigenvalue weighted by atomic mass is 10.00. The van der Waals surface area contributed by atoms with Crippen molar-refractivity contribution in [2.75, 3.05) is 37.8 Å². The first kappa shape index (κ1) is 17.8. The quantitative estimate of drug-likeness (QED) is 0.734. The van der Waals surface area contributed by atoms with Crippen LogP contribution in [0.15, 0.2) is 28.0 Å². The summed E-state index contributed by atoms with van der Waals surface area (Å²) in [5, 5.41) is 9.51. The molecule has 3 heterocycles. The Morgan fingerprint density at radius 2 is 2.12 bits per heavy atom. The molecular formula is C17H25N5O2S. The molecular weight excluding hydrogens is 338 g/mol. The maximum atomic E-state index is 11.9. The molecule has 0 unspecified atom stereocenters. The fourth-order valence-corrected chi connectivity index (χ4v) is 3.69. The predicted octanol–water partition coefficient (Wildman–Crippen LogP) is 2.34. The van der Waals surface area contributed by atoms with E-state index >= 15 is 0 Å². The minimum atomic E-state index is 0.0610. The maximum absolute atomic E-state index is 11.9. The lowest BCUT2D eigenvalue weighted by molar-refractivity contribution is -0.125. The largest absolute Gasteiger partial charge is 0.467 e. The topological polar surface area (TPSA) is 67.4 Å². The molecule has 8 heteroatoms. The van der Waals surface area contributed by atoms with E-state index in [9.17, 15) is 4.79 Å². The van der Waals surface area contributed by atoms with Gasteiger partial charge >= 0.3 is 0 Å². The van der Waals surface area contributed by atoms with Crippen LogP contribution in [0.2, 0.25) is 0 Å².